The second kappa shape index (κ2) is 9.69. The van der Waals surface area contributed by atoms with E-state index < -0.39 is 64.3 Å². The standard InChI is InChI=1S/C20H24N2O10/c1-3-10(2)19-14(23)7-17-18(32-19)8-16(31-17)15(24)9-30-20(25)11-4-12(21(26)27)6-13(5-11)22(28)29/h3-6,10,14-19,23-24H,1,7-9H2,2H3/t10-,14-,15-,16-,17+,18+,19-/m0/s1. The third-order valence-electron chi connectivity index (χ3n) is 5.68. The highest BCUT2D eigenvalue weighted by Gasteiger charge is 2.47. The van der Waals surface area contributed by atoms with Crippen LogP contribution in [0.5, 0.6) is 0 Å². The van der Waals surface area contributed by atoms with Crippen molar-refractivity contribution in [2.75, 3.05) is 6.61 Å². The number of nitrogens with zero attached hydrogens (tertiary/aromatic N) is 2. The monoisotopic (exact) mass is 452 g/mol. The van der Waals surface area contributed by atoms with Crippen LogP contribution in [0.3, 0.4) is 0 Å². The highest BCUT2D eigenvalue weighted by molar-refractivity contribution is 5.91. The first-order valence-corrected chi connectivity index (χ1v) is 10.0. The van der Waals surface area contributed by atoms with Gasteiger partial charge in [0.05, 0.1) is 52.0 Å². The van der Waals surface area contributed by atoms with Crippen molar-refractivity contribution in [2.45, 2.75) is 56.4 Å². The Morgan fingerprint density at radius 3 is 2.38 bits per heavy atom. The van der Waals surface area contributed by atoms with E-state index in [0.29, 0.717) is 12.8 Å². The van der Waals surface area contributed by atoms with E-state index in [-0.39, 0.29) is 17.6 Å². The van der Waals surface area contributed by atoms with Gasteiger partial charge >= 0.3 is 5.97 Å². The molecule has 2 aliphatic heterocycles. The van der Waals surface area contributed by atoms with Crippen molar-refractivity contribution in [3.8, 4) is 0 Å². The van der Waals surface area contributed by atoms with Crippen molar-refractivity contribution in [3.05, 3.63) is 56.6 Å². The van der Waals surface area contributed by atoms with Gasteiger partial charge in [-0.25, -0.2) is 4.79 Å². The fraction of sp³-hybridized carbons (Fsp3) is 0.550. The van der Waals surface area contributed by atoms with Crippen molar-refractivity contribution >= 4 is 17.3 Å². The first-order chi connectivity index (χ1) is 15.1. The van der Waals surface area contributed by atoms with Crippen LogP contribution in [0, 0.1) is 26.1 Å². The Bertz CT molecular complexity index is 874. The zero-order valence-electron chi connectivity index (χ0n) is 17.2. The van der Waals surface area contributed by atoms with E-state index in [1.807, 2.05) is 6.92 Å². The molecule has 32 heavy (non-hydrogen) atoms. The Labute approximate surface area is 182 Å². The summed E-state index contributed by atoms with van der Waals surface area (Å²) in [5, 5.41) is 42.6. The van der Waals surface area contributed by atoms with E-state index in [2.05, 4.69) is 6.58 Å². The number of fused-ring (bicyclic) bond motifs is 1. The minimum Gasteiger partial charge on any atom is -0.459 e. The lowest BCUT2D eigenvalue weighted by molar-refractivity contribution is -0.394. The van der Waals surface area contributed by atoms with Crippen LogP contribution in [0.2, 0.25) is 0 Å². The lowest BCUT2D eigenvalue weighted by Gasteiger charge is -2.37. The number of carbonyl (C=O) groups is 1. The molecule has 0 aliphatic carbocycles. The highest BCUT2D eigenvalue weighted by Crippen LogP contribution is 2.36. The van der Waals surface area contributed by atoms with E-state index in [1.165, 1.54) is 0 Å². The van der Waals surface area contributed by atoms with Crippen LogP contribution in [0.15, 0.2) is 30.9 Å². The van der Waals surface area contributed by atoms with Gasteiger partial charge in [0.2, 0.25) is 0 Å². The minimum atomic E-state index is -1.23. The molecule has 2 saturated heterocycles. The smallest absolute Gasteiger partial charge is 0.338 e. The highest BCUT2D eigenvalue weighted by atomic mass is 16.6. The molecule has 1 aromatic carbocycles. The van der Waals surface area contributed by atoms with Crippen LogP contribution in [0.1, 0.15) is 30.1 Å². The summed E-state index contributed by atoms with van der Waals surface area (Å²) in [6.07, 6.45) is -1.57. The van der Waals surface area contributed by atoms with E-state index in [9.17, 15) is 35.2 Å². The normalized spacial score (nSPS) is 28.9. The number of nitro benzene ring substituents is 2. The molecule has 0 unspecified atom stereocenters. The van der Waals surface area contributed by atoms with Gasteiger partial charge in [-0.15, -0.1) is 6.58 Å². The Hall–Kier alpha value is -2.93. The van der Waals surface area contributed by atoms with Gasteiger partial charge < -0.3 is 24.4 Å². The quantitative estimate of drug-likeness (QED) is 0.255. The molecule has 0 amide bonds. The van der Waals surface area contributed by atoms with Gasteiger partial charge in [-0.2, -0.15) is 0 Å². The number of nitro groups is 2. The van der Waals surface area contributed by atoms with Crippen LogP contribution in [0.25, 0.3) is 0 Å². The fourth-order valence-electron chi connectivity index (χ4n) is 3.90. The number of esters is 1. The number of non-ortho nitro benzene ring substituents is 2. The van der Waals surface area contributed by atoms with Gasteiger partial charge in [-0.05, 0) is 0 Å². The second-order valence-electron chi connectivity index (χ2n) is 7.90. The molecular weight excluding hydrogens is 428 g/mol. The predicted molar refractivity (Wildman–Crippen MR) is 108 cm³/mol. The summed E-state index contributed by atoms with van der Waals surface area (Å²) >= 11 is 0. The molecule has 3 rings (SSSR count). The Morgan fingerprint density at radius 1 is 1.22 bits per heavy atom. The zero-order valence-corrected chi connectivity index (χ0v) is 17.2. The Balaban J connectivity index is 1.60. The number of hydrogen-bond acceptors (Lipinski definition) is 10. The molecule has 2 N–H and O–H groups in total. The molecule has 0 bridgehead atoms. The van der Waals surface area contributed by atoms with Crippen LogP contribution in [0.4, 0.5) is 11.4 Å². The topological polar surface area (TPSA) is 172 Å². The molecule has 7 atom stereocenters. The van der Waals surface area contributed by atoms with E-state index >= 15 is 0 Å². The lowest BCUT2D eigenvalue weighted by Crippen LogP contribution is -2.47. The minimum absolute atomic E-state index is 0.0742. The van der Waals surface area contributed by atoms with Crippen LogP contribution >= 0.6 is 0 Å². The molecular formula is C20H24N2O10. The van der Waals surface area contributed by atoms with Gasteiger partial charge in [0.1, 0.15) is 12.7 Å². The number of ether oxygens (including phenoxy) is 3. The maximum absolute atomic E-state index is 12.3. The summed E-state index contributed by atoms with van der Waals surface area (Å²) in [5.41, 5.74) is -1.64. The van der Waals surface area contributed by atoms with Crippen LogP contribution in [-0.4, -0.2) is 69.3 Å². The number of hydrogen-bond donors (Lipinski definition) is 2. The van der Waals surface area contributed by atoms with Crippen molar-refractivity contribution in [1.82, 2.24) is 0 Å². The molecule has 12 nitrogen and oxygen atoms in total. The van der Waals surface area contributed by atoms with E-state index in [0.717, 1.165) is 18.2 Å². The molecule has 12 heteroatoms. The van der Waals surface area contributed by atoms with Gasteiger partial charge in [0.25, 0.3) is 11.4 Å². The van der Waals surface area contributed by atoms with Crippen LogP contribution < -0.4 is 0 Å². The second-order valence-corrected chi connectivity index (χ2v) is 7.90. The summed E-state index contributed by atoms with van der Waals surface area (Å²) in [7, 11) is 0. The van der Waals surface area contributed by atoms with Crippen molar-refractivity contribution < 1.29 is 39.1 Å². The number of aliphatic hydroxyl groups excluding tert-OH is 2. The maximum Gasteiger partial charge on any atom is 0.338 e. The average molecular weight is 452 g/mol. The molecule has 0 aromatic heterocycles. The van der Waals surface area contributed by atoms with Crippen LogP contribution in [-0.2, 0) is 14.2 Å². The van der Waals surface area contributed by atoms with Crippen molar-refractivity contribution in [1.29, 1.82) is 0 Å². The summed E-state index contributed by atoms with van der Waals surface area (Å²) in [6, 6.07) is 2.45. The van der Waals surface area contributed by atoms with E-state index in [4.69, 9.17) is 14.2 Å². The summed E-state index contributed by atoms with van der Waals surface area (Å²) in [5.74, 6) is -1.13. The third-order valence-corrected chi connectivity index (χ3v) is 5.68. The number of benzene rings is 1. The first kappa shape index (κ1) is 23.7. The van der Waals surface area contributed by atoms with Gasteiger partial charge in [0.15, 0.2) is 0 Å². The first-order valence-electron chi connectivity index (χ1n) is 10.0. The van der Waals surface area contributed by atoms with Gasteiger partial charge in [-0.3, -0.25) is 20.2 Å². The fourth-order valence-corrected chi connectivity index (χ4v) is 3.90. The molecule has 0 radical (unpaired) electrons. The molecule has 0 saturated carbocycles. The number of rotatable bonds is 8. The zero-order chi connectivity index (χ0) is 23.6. The van der Waals surface area contributed by atoms with E-state index in [1.54, 1.807) is 6.08 Å². The summed E-state index contributed by atoms with van der Waals surface area (Å²) < 4.78 is 16.7. The predicted octanol–water partition coefficient (Wildman–Crippen LogP) is 1.52. The molecule has 1 aromatic rings. The average Bonchev–Trinajstić information content (AvgIpc) is 3.18. The third kappa shape index (κ3) is 5.10. The molecule has 2 heterocycles. The summed E-state index contributed by atoms with van der Waals surface area (Å²) in [4.78, 5) is 32.5. The molecule has 0 spiro atoms. The van der Waals surface area contributed by atoms with Gasteiger partial charge in [-0.1, -0.05) is 13.0 Å². The molecule has 2 fully saturated rings. The maximum atomic E-state index is 12.3. The molecule has 2 aliphatic rings. The SMILES string of the molecule is C=C[C@H](C)[C@@H]1O[C@@H]2C[C@@H]([C@@H](O)COC(=O)c3cc([N+](=O)[O-])cc([N+](=O)[O-])c3)O[C@@H]2C[C@@H]1O. The molecule has 174 valence electrons. The Morgan fingerprint density at radius 2 is 1.81 bits per heavy atom. The number of carbonyl (C=O) groups excluding carboxylic acids is 1. The summed E-state index contributed by atoms with van der Waals surface area (Å²) in [6.45, 7) is 5.09. The lowest BCUT2D eigenvalue weighted by atomic mass is 9.90. The van der Waals surface area contributed by atoms with Gasteiger partial charge in [0, 0.05) is 30.9 Å². The largest absolute Gasteiger partial charge is 0.459 e. The number of aliphatic hydroxyl groups is 2. The van der Waals surface area contributed by atoms with Crippen molar-refractivity contribution in [3.63, 3.8) is 0 Å². The Kier molecular flexibility index (Phi) is 7.19. The van der Waals surface area contributed by atoms with Crippen molar-refractivity contribution in [2.24, 2.45) is 5.92 Å².